The van der Waals surface area contributed by atoms with Crippen LogP contribution >= 0.6 is 11.6 Å². The number of nitrogens with zero attached hydrogens (tertiary/aromatic N) is 3. The molecule has 6 heteroatoms. The summed E-state index contributed by atoms with van der Waals surface area (Å²) in [4.78, 5) is 4.61. The molecule has 0 spiro atoms. The van der Waals surface area contributed by atoms with Crippen LogP contribution in [0.25, 0.3) is 16.8 Å². The van der Waals surface area contributed by atoms with Gasteiger partial charge in [-0.05, 0) is 30.7 Å². The van der Waals surface area contributed by atoms with Crippen molar-refractivity contribution in [3.05, 3.63) is 53.4 Å². The van der Waals surface area contributed by atoms with Gasteiger partial charge in [0, 0.05) is 16.8 Å². The summed E-state index contributed by atoms with van der Waals surface area (Å²) in [5.41, 5.74) is 3.39. The highest BCUT2D eigenvalue weighted by atomic mass is 35.5. The first kappa shape index (κ1) is 12.8. The molecule has 1 saturated heterocycles. The average molecular weight is 302 g/mol. The third-order valence-corrected chi connectivity index (χ3v) is 3.63. The molecule has 0 unspecified atom stereocenters. The fourth-order valence-electron chi connectivity index (χ4n) is 2.37. The molecular weight excluding hydrogens is 290 g/mol. The number of rotatable bonds is 2. The second-order valence-corrected chi connectivity index (χ2v) is 5.30. The van der Waals surface area contributed by atoms with Gasteiger partial charge in [0.25, 0.3) is 0 Å². The van der Waals surface area contributed by atoms with E-state index in [1.54, 1.807) is 10.7 Å². The average Bonchev–Trinajstić information content (AvgIpc) is 2.87. The van der Waals surface area contributed by atoms with Crippen LogP contribution in [-0.4, -0.2) is 20.9 Å². The highest BCUT2D eigenvalue weighted by Crippen LogP contribution is 2.32. The number of benzene rings is 1. The van der Waals surface area contributed by atoms with Crippen molar-refractivity contribution in [1.29, 1.82) is 0 Å². The summed E-state index contributed by atoms with van der Waals surface area (Å²) in [7, 11) is 0. The van der Waals surface area contributed by atoms with Gasteiger partial charge in [-0.25, -0.2) is 9.50 Å². The van der Waals surface area contributed by atoms with Gasteiger partial charge in [0.1, 0.15) is 5.69 Å². The molecule has 0 saturated carbocycles. The number of ether oxygens (including phenoxy) is 2. The van der Waals surface area contributed by atoms with E-state index in [1.807, 2.05) is 43.5 Å². The first-order valence-electron chi connectivity index (χ1n) is 6.62. The van der Waals surface area contributed by atoms with Crippen LogP contribution in [0.15, 0.2) is 42.7 Å². The number of hydrogen-bond donors (Lipinski definition) is 0. The lowest BCUT2D eigenvalue weighted by Crippen LogP contribution is -2.32. The van der Waals surface area contributed by atoms with E-state index in [0.717, 1.165) is 22.5 Å². The van der Waals surface area contributed by atoms with Crippen molar-refractivity contribution in [3.63, 3.8) is 0 Å². The van der Waals surface area contributed by atoms with Crippen molar-refractivity contribution in [2.24, 2.45) is 0 Å². The summed E-state index contributed by atoms with van der Waals surface area (Å²) in [6.07, 6.45) is 3.06. The third kappa shape index (κ3) is 2.19. The molecule has 4 rings (SSSR count). The minimum Gasteiger partial charge on any atom is -0.318 e. The van der Waals surface area contributed by atoms with Crippen LogP contribution in [0.1, 0.15) is 18.9 Å². The highest BCUT2D eigenvalue weighted by Gasteiger charge is 2.30. The van der Waals surface area contributed by atoms with E-state index >= 15 is 0 Å². The van der Waals surface area contributed by atoms with Crippen LogP contribution in [0.2, 0.25) is 5.02 Å². The number of halogens is 1. The van der Waals surface area contributed by atoms with Gasteiger partial charge in [0.15, 0.2) is 11.9 Å². The van der Waals surface area contributed by atoms with E-state index in [0.29, 0.717) is 5.02 Å². The van der Waals surface area contributed by atoms with Gasteiger partial charge in [-0.3, -0.25) is 0 Å². The molecular formula is C15H12ClN3O2. The molecule has 1 aliphatic rings. The SMILES string of the molecule is CC1OC(c2ccn3ncc(-c4cccc(Cl)c4)c3n2)O1. The summed E-state index contributed by atoms with van der Waals surface area (Å²) in [6.45, 7) is 1.85. The van der Waals surface area contributed by atoms with Crippen molar-refractivity contribution < 1.29 is 9.47 Å². The Morgan fingerprint density at radius 3 is 2.86 bits per heavy atom. The van der Waals surface area contributed by atoms with E-state index < -0.39 is 6.29 Å². The summed E-state index contributed by atoms with van der Waals surface area (Å²) >= 11 is 6.05. The zero-order valence-electron chi connectivity index (χ0n) is 11.2. The molecule has 0 amide bonds. The smallest absolute Gasteiger partial charge is 0.206 e. The van der Waals surface area contributed by atoms with Crippen molar-refractivity contribution >= 4 is 17.2 Å². The molecule has 106 valence electrons. The molecule has 1 aromatic carbocycles. The lowest BCUT2D eigenvalue weighted by atomic mass is 10.1. The normalized spacial score (nSPS) is 21.4. The Bertz CT molecular complexity index is 812. The molecule has 0 N–H and O–H groups in total. The van der Waals surface area contributed by atoms with E-state index in [-0.39, 0.29) is 6.29 Å². The molecule has 5 nitrogen and oxygen atoms in total. The Labute approximate surface area is 126 Å². The zero-order chi connectivity index (χ0) is 14.4. The fraction of sp³-hybridized carbons (Fsp3) is 0.200. The Morgan fingerprint density at radius 2 is 2.10 bits per heavy atom. The summed E-state index contributed by atoms with van der Waals surface area (Å²) < 4.78 is 12.7. The molecule has 0 atom stereocenters. The largest absolute Gasteiger partial charge is 0.318 e. The topological polar surface area (TPSA) is 48.7 Å². The molecule has 1 aliphatic heterocycles. The monoisotopic (exact) mass is 301 g/mol. The minimum absolute atomic E-state index is 0.176. The van der Waals surface area contributed by atoms with Crippen LogP contribution in [-0.2, 0) is 9.47 Å². The molecule has 0 aliphatic carbocycles. The number of hydrogen-bond acceptors (Lipinski definition) is 4. The number of fused-ring (bicyclic) bond motifs is 1. The van der Waals surface area contributed by atoms with Crippen molar-refractivity contribution in [3.8, 4) is 11.1 Å². The maximum Gasteiger partial charge on any atom is 0.206 e. The first-order valence-corrected chi connectivity index (χ1v) is 7.00. The molecule has 21 heavy (non-hydrogen) atoms. The van der Waals surface area contributed by atoms with Crippen molar-refractivity contribution in [2.45, 2.75) is 19.5 Å². The maximum atomic E-state index is 6.05. The first-order chi connectivity index (χ1) is 10.2. The maximum absolute atomic E-state index is 6.05. The Hall–Kier alpha value is -1.95. The van der Waals surface area contributed by atoms with Gasteiger partial charge in [-0.1, -0.05) is 23.7 Å². The summed E-state index contributed by atoms with van der Waals surface area (Å²) in [5, 5.41) is 5.00. The predicted molar refractivity (Wildman–Crippen MR) is 77.8 cm³/mol. The van der Waals surface area contributed by atoms with Crippen LogP contribution in [0.5, 0.6) is 0 Å². The fourth-order valence-corrected chi connectivity index (χ4v) is 2.56. The second kappa shape index (κ2) is 4.80. The highest BCUT2D eigenvalue weighted by molar-refractivity contribution is 6.30. The summed E-state index contributed by atoms with van der Waals surface area (Å²) in [5.74, 6) is 0. The van der Waals surface area contributed by atoms with Gasteiger partial charge in [-0.2, -0.15) is 5.10 Å². The molecule has 0 bridgehead atoms. The Kier molecular flexibility index (Phi) is 2.92. The lowest BCUT2D eigenvalue weighted by molar-refractivity contribution is -0.383. The predicted octanol–water partition coefficient (Wildman–Crippen LogP) is 3.44. The van der Waals surface area contributed by atoms with Gasteiger partial charge in [0.05, 0.1) is 6.20 Å². The van der Waals surface area contributed by atoms with Crippen LogP contribution in [0.4, 0.5) is 0 Å². The second-order valence-electron chi connectivity index (χ2n) is 4.86. The minimum atomic E-state index is -0.396. The molecule has 3 aromatic rings. The van der Waals surface area contributed by atoms with Crippen molar-refractivity contribution in [2.75, 3.05) is 0 Å². The van der Waals surface area contributed by atoms with Gasteiger partial charge in [0.2, 0.25) is 6.29 Å². The van der Waals surface area contributed by atoms with Crippen LogP contribution < -0.4 is 0 Å². The van der Waals surface area contributed by atoms with Gasteiger partial charge in [-0.15, -0.1) is 0 Å². The zero-order valence-corrected chi connectivity index (χ0v) is 12.0. The van der Waals surface area contributed by atoms with E-state index in [4.69, 9.17) is 21.1 Å². The van der Waals surface area contributed by atoms with Crippen LogP contribution in [0.3, 0.4) is 0 Å². The van der Waals surface area contributed by atoms with Crippen LogP contribution in [0, 0.1) is 0 Å². The Morgan fingerprint density at radius 1 is 1.24 bits per heavy atom. The van der Waals surface area contributed by atoms with Gasteiger partial charge < -0.3 is 9.47 Å². The lowest BCUT2D eigenvalue weighted by Gasteiger charge is -2.33. The van der Waals surface area contributed by atoms with E-state index in [9.17, 15) is 0 Å². The molecule has 1 fully saturated rings. The van der Waals surface area contributed by atoms with E-state index in [2.05, 4.69) is 10.1 Å². The standard InChI is InChI=1S/C15H12ClN3O2/c1-9-20-15(21-9)13-5-6-19-14(18-13)12(8-17-19)10-3-2-4-11(16)7-10/h2-9,15H,1H3. The number of aromatic nitrogens is 3. The molecule has 3 heterocycles. The summed E-state index contributed by atoms with van der Waals surface area (Å²) in [6, 6.07) is 9.47. The molecule has 0 radical (unpaired) electrons. The van der Waals surface area contributed by atoms with Crippen molar-refractivity contribution in [1.82, 2.24) is 14.6 Å². The molecule has 2 aromatic heterocycles. The van der Waals surface area contributed by atoms with Gasteiger partial charge >= 0.3 is 0 Å². The quantitative estimate of drug-likeness (QED) is 0.727. The third-order valence-electron chi connectivity index (χ3n) is 3.40. The Balaban J connectivity index is 1.81. The van der Waals surface area contributed by atoms with E-state index in [1.165, 1.54) is 0 Å².